The van der Waals surface area contributed by atoms with Crippen LogP contribution < -0.4 is 0 Å². The van der Waals surface area contributed by atoms with E-state index in [-0.39, 0.29) is 11.5 Å². The summed E-state index contributed by atoms with van der Waals surface area (Å²) in [6, 6.07) is 0. The summed E-state index contributed by atoms with van der Waals surface area (Å²) in [6.07, 6.45) is 12.5. The number of allylic oxidation sites excluding steroid dienone is 2. The summed E-state index contributed by atoms with van der Waals surface area (Å²) in [6.45, 7) is 4.92. The predicted molar refractivity (Wildman–Crippen MR) is 90.5 cm³/mol. The van der Waals surface area contributed by atoms with Gasteiger partial charge in [0, 0.05) is 5.25 Å². The highest BCUT2D eigenvalue weighted by molar-refractivity contribution is 7.80. The Kier molecular flexibility index (Phi) is 3.32. The Morgan fingerprint density at radius 1 is 1.10 bits per heavy atom. The van der Waals surface area contributed by atoms with Crippen molar-refractivity contribution >= 4 is 12.6 Å². The van der Waals surface area contributed by atoms with Crippen LogP contribution in [-0.2, 0) is 0 Å². The molecule has 0 radical (unpaired) electrons. The molecule has 0 aromatic rings. The number of hydrogen-bond donors (Lipinski definition) is 2. The van der Waals surface area contributed by atoms with E-state index >= 15 is 0 Å². The third-order valence-electron chi connectivity index (χ3n) is 8.03. The fraction of sp³-hybridized carbons (Fsp3) is 0.895. The molecule has 0 aromatic heterocycles. The molecule has 0 aromatic carbocycles. The molecule has 2 heteroatoms. The standard InChI is InChI=1S/C19H30OS/c1-18-9-7-13(21)11-12(18)3-4-14-15-5-6-17(20)19(15,2)10-8-16(14)18/h3,13-17,20-21H,4-11H2,1-2H3/t13-,14+,15+,16+,17+,18+,19+/m1/s1. The van der Waals surface area contributed by atoms with E-state index in [1.165, 1.54) is 44.9 Å². The molecule has 0 bridgehead atoms. The van der Waals surface area contributed by atoms with Gasteiger partial charge in [-0.2, -0.15) is 12.6 Å². The van der Waals surface area contributed by atoms with Gasteiger partial charge in [0.1, 0.15) is 0 Å². The largest absolute Gasteiger partial charge is 0.393 e. The Morgan fingerprint density at radius 2 is 1.90 bits per heavy atom. The third-order valence-corrected chi connectivity index (χ3v) is 8.47. The van der Waals surface area contributed by atoms with Crippen LogP contribution >= 0.6 is 12.6 Å². The van der Waals surface area contributed by atoms with Gasteiger partial charge in [-0.3, -0.25) is 0 Å². The lowest BCUT2D eigenvalue weighted by atomic mass is 9.48. The van der Waals surface area contributed by atoms with Crippen molar-refractivity contribution in [3.05, 3.63) is 11.6 Å². The van der Waals surface area contributed by atoms with Crippen molar-refractivity contribution in [3.8, 4) is 0 Å². The molecule has 1 N–H and O–H groups in total. The van der Waals surface area contributed by atoms with Gasteiger partial charge in [-0.25, -0.2) is 0 Å². The topological polar surface area (TPSA) is 20.2 Å². The quantitative estimate of drug-likeness (QED) is 0.495. The molecule has 118 valence electrons. The van der Waals surface area contributed by atoms with Crippen molar-refractivity contribution in [1.29, 1.82) is 0 Å². The SMILES string of the molecule is C[C@]12CC[C@H]3[C@@H](CC=C4C[C@H](S)CC[C@@]43C)[C@@H]1CC[C@@H]2O. The maximum absolute atomic E-state index is 10.5. The fourth-order valence-electron chi connectivity index (χ4n) is 6.61. The molecule has 0 saturated heterocycles. The minimum Gasteiger partial charge on any atom is -0.393 e. The van der Waals surface area contributed by atoms with Crippen molar-refractivity contribution in [2.75, 3.05) is 0 Å². The van der Waals surface area contributed by atoms with Crippen LogP contribution in [0.5, 0.6) is 0 Å². The zero-order valence-corrected chi connectivity index (χ0v) is 14.4. The number of hydrogen-bond acceptors (Lipinski definition) is 2. The van der Waals surface area contributed by atoms with Crippen LogP contribution in [-0.4, -0.2) is 16.5 Å². The molecule has 3 fully saturated rings. The van der Waals surface area contributed by atoms with Crippen LogP contribution in [0.25, 0.3) is 0 Å². The van der Waals surface area contributed by atoms with Gasteiger partial charge in [0.2, 0.25) is 0 Å². The van der Waals surface area contributed by atoms with Crippen molar-refractivity contribution in [3.63, 3.8) is 0 Å². The molecule has 7 atom stereocenters. The summed E-state index contributed by atoms with van der Waals surface area (Å²) >= 11 is 4.75. The fourth-order valence-corrected chi connectivity index (χ4v) is 6.94. The number of aliphatic hydroxyl groups excluding tert-OH is 1. The normalized spacial score (nSPS) is 56.2. The molecular weight excluding hydrogens is 276 g/mol. The van der Waals surface area contributed by atoms with Gasteiger partial charge in [-0.1, -0.05) is 25.5 Å². The average molecular weight is 307 g/mol. The third kappa shape index (κ3) is 1.94. The van der Waals surface area contributed by atoms with Crippen molar-refractivity contribution in [2.45, 2.75) is 76.6 Å². The Morgan fingerprint density at radius 3 is 2.71 bits per heavy atom. The first kappa shape index (κ1) is 14.6. The molecule has 0 heterocycles. The first-order valence-electron chi connectivity index (χ1n) is 9.01. The van der Waals surface area contributed by atoms with Crippen LogP contribution in [0.15, 0.2) is 11.6 Å². The molecule has 1 nitrogen and oxygen atoms in total. The predicted octanol–water partition coefficient (Wildman–Crippen LogP) is 4.61. The molecule has 4 aliphatic rings. The molecule has 21 heavy (non-hydrogen) atoms. The summed E-state index contributed by atoms with van der Waals surface area (Å²) in [5.41, 5.74) is 2.37. The zero-order valence-electron chi connectivity index (χ0n) is 13.5. The first-order valence-corrected chi connectivity index (χ1v) is 9.52. The Bertz CT molecular complexity index is 472. The minimum atomic E-state index is -0.0465. The van der Waals surface area contributed by atoms with E-state index in [0.29, 0.717) is 10.7 Å². The molecule has 0 amide bonds. The van der Waals surface area contributed by atoms with E-state index in [1.54, 1.807) is 5.57 Å². The Hall–Kier alpha value is 0.0500. The molecule has 3 saturated carbocycles. The van der Waals surface area contributed by atoms with Gasteiger partial charge in [0.25, 0.3) is 0 Å². The number of aliphatic hydroxyl groups is 1. The maximum Gasteiger partial charge on any atom is 0.0596 e. The van der Waals surface area contributed by atoms with Crippen LogP contribution in [0.1, 0.15) is 65.2 Å². The van der Waals surface area contributed by atoms with Gasteiger partial charge in [0.05, 0.1) is 6.10 Å². The van der Waals surface area contributed by atoms with Crippen LogP contribution in [0, 0.1) is 28.6 Å². The zero-order chi connectivity index (χ0) is 14.8. The number of fused-ring (bicyclic) bond motifs is 5. The minimum absolute atomic E-state index is 0.0465. The highest BCUT2D eigenvalue weighted by atomic mass is 32.1. The molecule has 0 spiro atoms. The average Bonchev–Trinajstić information content (AvgIpc) is 2.76. The van der Waals surface area contributed by atoms with E-state index < -0.39 is 0 Å². The van der Waals surface area contributed by atoms with Gasteiger partial charge in [-0.15, -0.1) is 0 Å². The van der Waals surface area contributed by atoms with Gasteiger partial charge in [-0.05, 0) is 80.0 Å². The van der Waals surface area contributed by atoms with Crippen molar-refractivity contribution < 1.29 is 5.11 Å². The lowest BCUT2D eigenvalue weighted by molar-refractivity contribution is -0.0658. The summed E-state index contributed by atoms with van der Waals surface area (Å²) in [5, 5.41) is 11.1. The van der Waals surface area contributed by atoms with Crippen molar-refractivity contribution in [2.24, 2.45) is 28.6 Å². The Balaban J connectivity index is 1.68. The van der Waals surface area contributed by atoms with Crippen LogP contribution in [0.4, 0.5) is 0 Å². The van der Waals surface area contributed by atoms with Gasteiger partial charge >= 0.3 is 0 Å². The lowest BCUT2D eigenvalue weighted by Crippen LogP contribution is -2.50. The molecule has 4 aliphatic carbocycles. The molecule has 0 unspecified atom stereocenters. The lowest BCUT2D eigenvalue weighted by Gasteiger charge is -2.57. The maximum atomic E-state index is 10.5. The summed E-state index contributed by atoms with van der Waals surface area (Å²) in [7, 11) is 0. The smallest absolute Gasteiger partial charge is 0.0596 e. The molecule has 4 rings (SSSR count). The summed E-state index contributed by atoms with van der Waals surface area (Å²) < 4.78 is 0. The van der Waals surface area contributed by atoms with E-state index in [9.17, 15) is 5.11 Å². The van der Waals surface area contributed by atoms with Crippen LogP contribution in [0.2, 0.25) is 0 Å². The number of thiol groups is 1. The van der Waals surface area contributed by atoms with E-state index in [4.69, 9.17) is 12.6 Å². The highest BCUT2D eigenvalue weighted by Crippen LogP contribution is 2.64. The van der Waals surface area contributed by atoms with Crippen LogP contribution in [0.3, 0.4) is 0 Å². The van der Waals surface area contributed by atoms with E-state index in [2.05, 4.69) is 19.9 Å². The summed E-state index contributed by atoms with van der Waals surface area (Å²) in [4.78, 5) is 0. The summed E-state index contributed by atoms with van der Waals surface area (Å²) in [5.74, 6) is 2.45. The Labute approximate surface area is 135 Å². The number of rotatable bonds is 0. The van der Waals surface area contributed by atoms with Gasteiger partial charge in [0.15, 0.2) is 0 Å². The second-order valence-electron chi connectivity index (χ2n) is 8.79. The van der Waals surface area contributed by atoms with Crippen molar-refractivity contribution in [1.82, 2.24) is 0 Å². The second kappa shape index (κ2) is 4.77. The van der Waals surface area contributed by atoms with E-state index in [0.717, 1.165) is 24.2 Å². The highest BCUT2D eigenvalue weighted by Gasteiger charge is 2.58. The molecular formula is C19H30OS. The monoisotopic (exact) mass is 306 g/mol. The second-order valence-corrected chi connectivity index (χ2v) is 9.52. The van der Waals surface area contributed by atoms with E-state index in [1.807, 2.05) is 0 Å². The first-order chi connectivity index (χ1) is 9.95. The van der Waals surface area contributed by atoms with Gasteiger partial charge < -0.3 is 5.11 Å². The molecule has 0 aliphatic heterocycles.